The number of nitrogens with zero attached hydrogens (tertiary/aromatic N) is 4. The van der Waals surface area contributed by atoms with E-state index < -0.39 is 0 Å². The summed E-state index contributed by atoms with van der Waals surface area (Å²) < 4.78 is 3.45. The van der Waals surface area contributed by atoms with E-state index in [0.29, 0.717) is 21.9 Å². The molecule has 4 rings (SSSR count). The first-order valence-electron chi connectivity index (χ1n) is 9.47. The van der Waals surface area contributed by atoms with Crippen molar-refractivity contribution in [3.05, 3.63) is 46.4 Å². The van der Waals surface area contributed by atoms with E-state index in [0.717, 1.165) is 31.4 Å². The Labute approximate surface area is 167 Å². The molecule has 1 saturated carbocycles. The Morgan fingerprint density at radius 2 is 2.04 bits per heavy atom. The largest absolute Gasteiger partial charge is 0.310 e. The number of thioether (sulfide) groups is 1. The highest BCUT2D eigenvalue weighted by molar-refractivity contribution is 7.99. The molecule has 0 spiro atoms. The monoisotopic (exact) mass is 397 g/mol. The maximum Gasteiger partial charge on any atom is 0.262 e. The summed E-state index contributed by atoms with van der Waals surface area (Å²) in [6.07, 6.45) is 4.20. The maximum absolute atomic E-state index is 13.1. The van der Waals surface area contributed by atoms with Crippen LogP contribution in [0.5, 0.6) is 0 Å². The number of anilines is 1. The third-order valence-corrected chi connectivity index (χ3v) is 6.02. The van der Waals surface area contributed by atoms with Crippen LogP contribution >= 0.6 is 11.8 Å². The van der Waals surface area contributed by atoms with Crippen molar-refractivity contribution in [1.29, 1.82) is 0 Å². The van der Waals surface area contributed by atoms with Crippen molar-refractivity contribution < 1.29 is 4.79 Å². The predicted octanol–water partition coefficient (Wildman–Crippen LogP) is 3.28. The highest BCUT2D eigenvalue weighted by Gasteiger charge is 2.23. The first-order valence-corrected chi connectivity index (χ1v) is 10.5. The smallest absolute Gasteiger partial charge is 0.262 e. The van der Waals surface area contributed by atoms with Gasteiger partial charge in [-0.25, -0.2) is 4.98 Å². The normalized spacial score (nSPS) is 14.6. The fourth-order valence-electron chi connectivity index (χ4n) is 3.75. The molecule has 1 N–H and O–H groups in total. The Hall–Kier alpha value is -2.61. The molecule has 0 bridgehead atoms. The van der Waals surface area contributed by atoms with Gasteiger partial charge in [-0.05, 0) is 31.9 Å². The van der Waals surface area contributed by atoms with Crippen LogP contribution in [0.15, 0.2) is 40.3 Å². The van der Waals surface area contributed by atoms with E-state index in [1.807, 2.05) is 41.8 Å². The van der Waals surface area contributed by atoms with E-state index in [-0.39, 0.29) is 23.3 Å². The minimum atomic E-state index is -0.145. The van der Waals surface area contributed by atoms with Gasteiger partial charge in [0.05, 0.1) is 22.3 Å². The number of carbonyl (C=O) groups is 1. The van der Waals surface area contributed by atoms with Crippen LogP contribution in [0.4, 0.5) is 5.82 Å². The molecule has 8 heteroatoms. The first kappa shape index (κ1) is 18.7. The summed E-state index contributed by atoms with van der Waals surface area (Å²) in [6, 6.07) is 9.39. The van der Waals surface area contributed by atoms with Gasteiger partial charge in [0.15, 0.2) is 5.16 Å². The van der Waals surface area contributed by atoms with Crippen molar-refractivity contribution in [2.75, 3.05) is 11.1 Å². The van der Waals surface area contributed by atoms with E-state index in [1.165, 1.54) is 11.8 Å². The highest BCUT2D eigenvalue weighted by Crippen LogP contribution is 2.32. The van der Waals surface area contributed by atoms with E-state index in [4.69, 9.17) is 4.98 Å². The lowest BCUT2D eigenvalue weighted by Crippen LogP contribution is -2.27. The topological polar surface area (TPSA) is 81.8 Å². The molecule has 7 nitrogen and oxygen atoms in total. The molecule has 1 fully saturated rings. The van der Waals surface area contributed by atoms with E-state index in [9.17, 15) is 9.59 Å². The molecule has 2 heterocycles. The zero-order chi connectivity index (χ0) is 19.7. The van der Waals surface area contributed by atoms with Crippen molar-refractivity contribution in [3.8, 4) is 0 Å². The number of aromatic nitrogens is 4. The molecule has 1 aliphatic carbocycles. The van der Waals surface area contributed by atoms with Gasteiger partial charge in [-0.15, -0.1) is 0 Å². The van der Waals surface area contributed by atoms with Gasteiger partial charge in [-0.2, -0.15) is 5.10 Å². The van der Waals surface area contributed by atoms with Gasteiger partial charge < -0.3 is 5.32 Å². The Balaban J connectivity index is 1.60. The van der Waals surface area contributed by atoms with Crippen molar-refractivity contribution in [2.45, 2.75) is 43.8 Å². The summed E-state index contributed by atoms with van der Waals surface area (Å²) in [7, 11) is 1.79. The van der Waals surface area contributed by atoms with Gasteiger partial charge in [0.2, 0.25) is 5.91 Å². The number of carbonyl (C=O) groups excluding carboxylic acids is 1. The molecule has 1 aliphatic rings. The minimum Gasteiger partial charge on any atom is -0.310 e. The van der Waals surface area contributed by atoms with E-state index >= 15 is 0 Å². The number of hydrogen-bond donors (Lipinski definition) is 1. The molecule has 28 heavy (non-hydrogen) atoms. The van der Waals surface area contributed by atoms with Crippen LogP contribution in [-0.4, -0.2) is 31.0 Å². The molecule has 3 aromatic rings. The fourth-order valence-corrected chi connectivity index (χ4v) is 4.61. The molecule has 0 radical (unpaired) electrons. The molecular weight excluding hydrogens is 374 g/mol. The number of aryl methyl sites for hydroxylation is 2. The molecule has 1 amide bonds. The van der Waals surface area contributed by atoms with Gasteiger partial charge in [0.1, 0.15) is 5.82 Å². The third kappa shape index (κ3) is 3.69. The van der Waals surface area contributed by atoms with Crippen molar-refractivity contribution in [1.82, 2.24) is 19.3 Å². The SMILES string of the molecule is Cc1cc(NC(=O)CSc2nc3ccccc3c(=O)n2C2CCCC2)n(C)n1. The summed E-state index contributed by atoms with van der Waals surface area (Å²) in [5.41, 5.74) is 1.51. The Bertz CT molecular complexity index is 1080. The van der Waals surface area contributed by atoms with Gasteiger partial charge in [-0.1, -0.05) is 36.7 Å². The fraction of sp³-hybridized carbons (Fsp3) is 0.400. The maximum atomic E-state index is 13.1. The predicted molar refractivity (Wildman–Crippen MR) is 111 cm³/mol. The van der Waals surface area contributed by atoms with Gasteiger partial charge in [-0.3, -0.25) is 18.8 Å². The lowest BCUT2D eigenvalue weighted by molar-refractivity contribution is -0.113. The molecule has 0 aliphatic heterocycles. The van der Waals surface area contributed by atoms with E-state index in [2.05, 4.69) is 10.4 Å². The first-order chi connectivity index (χ1) is 13.5. The molecule has 2 aromatic heterocycles. The average Bonchev–Trinajstić information content (AvgIpc) is 3.30. The van der Waals surface area contributed by atoms with Gasteiger partial charge in [0.25, 0.3) is 5.56 Å². The summed E-state index contributed by atoms with van der Waals surface area (Å²) in [6.45, 7) is 1.88. The van der Waals surface area contributed by atoms with Gasteiger partial charge >= 0.3 is 0 Å². The van der Waals surface area contributed by atoms with Crippen LogP contribution in [-0.2, 0) is 11.8 Å². The summed E-state index contributed by atoms with van der Waals surface area (Å²) >= 11 is 1.31. The Morgan fingerprint density at radius 3 is 2.75 bits per heavy atom. The average molecular weight is 398 g/mol. The number of para-hydroxylation sites is 1. The zero-order valence-corrected chi connectivity index (χ0v) is 16.8. The lowest BCUT2D eigenvalue weighted by atomic mass is 10.2. The summed E-state index contributed by atoms with van der Waals surface area (Å²) in [4.78, 5) is 30.3. The van der Waals surface area contributed by atoms with Crippen LogP contribution in [0.3, 0.4) is 0 Å². The molecular formula is C20H23N5O2S. The summed E-state index contributed by atoms with van der Waals surface area (Å²) in [5, 5.41) is 8.35. The van der Waals surface area contributed by atoms with E-state index in [1.54, 1.807) is 11.7 Å². The number of amides is 1. The third-order valence-electron chi connectivity index (χ3n) is 5.07. The van der Waals surface area contributed by atoms with Crippen molar-refractivity contribution in [2.24, 2.45) is 7.05 Å². The van der Waals surface area contributed by atoms with Crippen LogP contribution < -0.4 is 10.9 Å². The van der Waals surface area contributed by atoms with Crippen LogP contribution in [0.25, 0.3) is 10.9 Å². The molecule has 146 valence electrons. The second-order valence-electron chi connectivity index (χ2n) is 7.16. The minimum absolute atomic E-state index is 0.0114. The number of hydrogen-bond acceptors (Lipinski definition) is 5. The highest BCUT2D eigenvalue weighted by atomic mass is 32.2. The standard InChI is InChI=1S/C20H23N5O2S/c1-13-11-17(24(2)23-13)22-18(26)12-28-20-21-16-10-6-5-9-15(16)19(27)25(20)14-7-3-4-8-14/h5-6,9-11,14H,3-4,7-8,12H2,1-2H3,(H,22,26). The lowest BCUT2D eigenvalue weighted by Gasteiger charge is -2.18. The molecule has 0 saturated heterocycles. The van der Waals surface area contributed by atoms with Crippen molar-refractivity contribution >= 4 is 34.4 Å². The number of benzene rings is 1. The van der Waals surface area contributed by atoms with Crippen LogP contribution in [0.1, 0.15) is 37.4 Å². The molecule has 1 aromatic carbocycles. The molecule has 0 unspecified atom stereocenters. The quantitative estimate of drug-likeness (QED) is 0.528. The van der Waals surface area contributed by atoms with Crippen LogP contribution in [0, 0.1) is 6.92 Å². The second kappa shape index (κ2) is 7.79. The number of fused-ring (bicyclic) bond motifs is 1. The summed E-state index contributed by atoms with van der Waals surface area (Å²) in [5.74, 6) is 0.693. The number of nitrogens with one attached hydrogen (secondary N) is 1. The second-order valence-corrected chi connectivity index (χ2v) is 8.10. The van der Waals surface area contributed by atoms with Crippen molar-refractivity contribution in [3.63, 3.8) is 0 Å². The molecule has 0 atom stereocenters. The van der Waals surface area contributed by atoms with Gasteiger partial charge in [0, 0.05) is 19.2 Å². The van der Waals surface area contributed by atoms with Crippen LogP contribution in [0.2, 0.25) is 0 Å². The Morgan fingerprint density at radius 1 is 1.29 bits per heavy atom. The Kier molecular flexibility index (Phi) is 5.21. The number of rotatable bonds is 5. The zero-order valence-electron chi connectivity index (χ0n) is 16.0.